The van der Waals surface area contributed by atoms with E-state index in [0.29, 0.717) is 0 Å². The van der Waals surface area contributed by atoms with Crippen LogP contribution in [0.15, 0.2) is 34.5 Å². The molecule has 19 heavy (non-hydrogen) atoms. The van der Waals surface area contributed by atoms with E-state index in [1.165, 1.54) is 16.8 Å². The Kier molecular flexibility index (Phi) is 3.49. The Morgan fingerprint density at radius 2 is 2.21 bits per heavy atom. The maximum atomic E-state index is 11.9. The summed E-state index contributed by atoms with van der Waals surface area (Å²) in [7, 11) is 0. The van der Waals surface area contributed by atoms with Gasteiger partial charge in [0.1, 0.15) is 6.23 Å². The number of hydrogen-bond acceptors (Lipinski definition) is 3. The molecule has 0 radical (unpaired) electrons. The second-order valence-electron chi connectivity index (χ2n) is 5.19. The normalized spacial score (nSPS) is 34.4. The number of aromatic amines is 1. The Hall–Kier alpha value is -1.62. The molecule has 1 N–H and O–H groups in total. The summed E-state index contributed by atoms with van der Waals surface area (Å²) in [6.45, 7) is 10.1. The summed E-state index contributed by atoms with van der Waals surface area (Å²) in [4.78, 5) is 25.2. The van der Waals surface area contributed by atoms with Crippen LogP contribution in [0.1, 0.15) is 33.4 Å². The number of nitrogens with one attached hydrogen (secondary N) is 1. The SMILES string of the molecule is C=CC1(CC)OC(n2ccc(=O)[nH]c2=O)C(C)C1C. The van der Waals surface area contributed by atoms with Crippen LogP contribution in [-0.2, 0) is 4.74 Å². The topological polar surface area (TPSA) is 64.1 Å². The fourth-order valence-electron chi connectivity index (χ4n) is 2.85. The van der Waals surface area contributed by atoms with Gasteiger partial charge in [0.05, 0.1) is 5.60 Å². The van der Waals surface area contributed by atoms with Crippen LogP contribution >= 0.6 is 0 Å². The first-order chi connectivity index (χ1) is 8.95. The average Bonchev–Trinajstić information content (AvgIpc) is 2.64. The zero-order valence-corrected chi connectivity index (χ0v) is 11.6. The van der Waals surface area contributed by atoms with Gasteiger partial charge >= 0.3 is 5.69 Å². The zero-order chi connectivity index (χ0) is 14.2. The van der Waals surface area contributed by atoms with E-state index in [1.54, 1.807) is 0 Å². The maximum absolute atomic E-state index is 11.9. The molecule has 2 rings (SSSR count). The number of ether oxygens (including phenoxy) is 1. The minimum Gasteiger partial charge on any atom is -0.347 e. The van der Waals surface area contributed by atoms with Crippen LogP contribution in [0.4, 0.5) is 0 Å². The van der Waals surface area contributed by atoms with Gasteiger partial charge in [-0.25, -0.2) is 4.79 Å². The minimum absolute atomic E-state index is 0.154. The van der Waals surface area contributed by atoms with Crippen molar-refractivity contribution < 1.29 is 4.74 Å². The summed E-state index contributed by atoms with van der Waals surface area (Å²) in [5.41, 5.74) is -1.25. The van der Waals surface area contributed by atoms with Crippen molar-refractivity contribution in [1.82, 2.24) is 9.55 Å². The summed E-state index contributed by atoms with van der Waals surface area (Å²) in [6.07, 6.45) is 3.74. The fourth-order valence-corrected chi connectivity index (χ4v) is 2.85. The van der Waals surface area contributed by atoms with E-state index >= 15 is 0 Å². The van der Waals surface area contributed by atoms with Crippen LogP contribution in [0.2, 0.25) is 0 Å². The first-order valence-corrected chi connectivity index (χ1v) is 6.58. The second kappa shape index (κ2) is 4.81. The largest absolute Gasteiger partial charge is 0.347 e. The third kappa shape index (κ3) is 2.08. The van der Waals surface area contributed by atoms with Gasteiger partial charge < -0.3 is 4.74 Å². The molecule has 0 saturated carbocycles. The van der Waals surface area contributed by atoms with Crippen molar-refractivity contribution in [3.05, 3.63) is 45.8 Å². The predicted molar refractivity (Wildman–Crippen MR) is 73.0 cm³/mol. The van der Waals surface area contributed by atoms with Crippen LogP contribution in [-0.4, -0.2) is 15.2 Å². The molecule has 5 nitrogen and oxygen atoms in total. The number of H-pyrrole nitrogens is 1. The molecule has 1 aliphatic heterocycles. The molecule has 0 spiro atoms. The highest BCUT2D eigenvalue weighted by Crippen LogP contribution is 2.47. The number of nitrogens with zero attached hydrogens (tertiary/aromatic N) is 1. The van der Waals surface area contributed by atoms with Gasteiger partial charge in [0.15, 0.2) is 0 Å². The van der Waals surface area contributed by atoms with Crippen molar-refractivity contribution in [2.75, 3.05) is 0 Å². The van der Waals surface area contributed by atoms with Gasteiger partial charge in [-0.1, -0.05) is 26.8 Å². The Bertz CT molecular complexity index is 589. The second-order valence-corrected chi connectivity index (χ2v) is 5.19. The molecule has 0 aromatic carbocycles. The molecule has 1 saturated heterocycles. The smallest absolute Gasteiger partial charge is 0.330 e. The van der Waals surface area contributed by atoms with Crippen LogP contribution in [0.3, 0.4) is 0 Å². The Morgan fingerprint density at radius 3 is 2.68 bits per heavy atom. The van der Waals surface area contributed by atoms with E-state index in [2.05, 4.69) is 18.5 Å². The third-order valence-electron chi connectivity index (χ3n) is 4.37. The van der Waals surface area contributed by atoms with Crippen LogP contribution in [0.25, 0.3) is 0 Å². The van der Waals surface area contributed by atoms with E-state index in [4.69, 9.17) is 4.74 Å². The van der Waals surface area contributed by atoms with Crippen molar-refractivity contribution in [3.63, 3.8) is 0 Å². The first-order valence-electron chi connectivity index (χ1n) is 6.58. The zero-order valence-electron chi connectivity index (χ0n) is 11.6. The molecule has 4 atom stereocenters. The van der Waals surface area contributed by atoms with E-state index in [9.17, 15) is 9.59 Å². The van der Waals surface area contributed by atoms with Crippen LogP contribution in [0, 0.1) is 11.8 Å². The molecule has 4 unspecified atom stereocenters. The molecule has 1 aromatic rings. The Balaban J connectivity index is 2.45. The lowest BCUT2D eigenvalue weighted by Crippen LogP contribution is -2.34. The van der Waals surface area contributed by atoms with Gasteiger partial charge in [-0.3, -0.25) is 14.3 Å². The molecule has 2 heterocycles. The number of hydrogen-bond donors (Lipinski definition) is 1. The molecule has 5 heteroatoms. The molecule has 1 aliphatic rings. The Morgan fingerprint density at radius 1 is 1.53 bits per heavy atom. The average molecular weight is 264 g/mol. The van der Waals surface area contributed by atoms with Crippen molar-refractivity contribution in [2.24, 2.45) is 11.8 Å². The van der Waals surface area contributed by atoms with E-state index < -0.39 is 16.9 Å². The standard InChI is InChI=1S/C14H20N2O3/c1-5-14(6-2)10(4)9(3)12(19-14)16-8-7-11(17)15-13(16)18/h5,7-10,12H,1,6H2,2-4H3,(H,15,17,18). The van der Waals surface area contributed by atoms with Gasteiger partial charge in [0, 0.05) is 18.2 Å². The van der Waals surface area contributed by atoms with Crippen LogP contribution < -0.4 is 11.2 Å². The predicted octanol–water partition coefficient (Wildman–Crippen LogP) is 1.67. The summed E-state index contributed by atoms with van der Waals surface area (Å²) >= 11 is 0. The number of rotatable bonds is 3. The molecular weight excluding hydrogens is 244 g/mol. The molecule has 0 amide bonds. The molecule has 0 aliphatic carbocycles. The van der Waals surface area contributed by atoms with Crippen molar-refractivity contribution in [1.29, 1.82) is 0 Å². The fraction of sp³-hybridized carbons (Fsp3) is 0.571. The summed E-state index contributed by atoms with van der Waals surface area (Å²) in [6, 6.07) is 1.34. The van der Waals surface area contributed by atoms with E-state index in [1.807, 2.05) is 19.9 Å². The van der Waals surface area contributed by atoms with Gasteiger partial charge in [-0.15, -0.1) is 6.58 Å². The summed E-state index contributed by atoms with van der Waals surface area (Å²) in [5.74, 6) is 0.403. The highest BCUT2D eigenvalue weighted by molar-refractivity contribution is 5.07. The lowest BCUT2D eigenvalue weighted by Gasteiger charge is -2.28. The lowest BCUT2D eigenvalue weighted by atomic mass is 9.81. The highest BCUT2D eigenvalue weighted by Gasteiger charge is 2.48. The molecule has 104 valence electrons. The van der Waals surface area contributed by atoms with Crippen molar-refractivity contribution >= 4 is 0 Å². The van der Waals surface area contributed by atoms with Gasteiger partial charge in [-0.05, 0) is 12.3 Å². The highest BCUT2D eigenvalue weighted by atomic mass is 16.5. The molecular formula is C14H20N2O3. The summed E-state index contributed by atoms with van der Waals surface area (Å²) in [5, 5.41) is 0. The Labute approximate surface area is 111 Å². The lowest BCUT2D eigenvalue weighted by molar-refractivity contribution is -0.0609. The van der Waals surface area contributed by atoms with E-state index in [-0.39, 0.29) is 18.1 Å². The number of aromatic nitrogens is 2. The van der Waals surface area contributed by atoms with Crippen molar-refractivity contribution in [3.8, 4) is 0 Å². The van der Waals surface area contributed by atoms with Crippen molar-refractivity contribution in [2.45, 2.75) is 39.0 Å². The molecule has 0 bridgehead atoms. The van der Waals surface area contributed by atoms with Gasteiger partial charge in [-0.2, -0.15) is 0 Å². The minimum atomic E-state index is -0.437. The molecule has 1 fully saturated rings. The van der Waals surface area contributed by atoms with Gasteiger partial charge in [0.2, 0.25) is 0 Å². The third-order valence-corrected chi connectivity index (χ3v) is 4.37. The van der Waals surface area contributed by atoms with Gasteiger partial charge in [0.25, 0.3) is 5.56 Å². The van der Waals surface area contributed by atoms with Crippen LogP contribution in [0.5, 0.6) is 0 Å². The first kappa shape index (κ1) is 13.8. The monoisotopic (exact) mass is 264 g/mol. The maximum Gasteiger partial charge on any atom is 0.330 e. The quantitative estimate of drug-likeness (QED) is 0.845. The molecule has 1 aromatic heterocycles. The van der Waals surface area contributed by atoms with E-state index in [0.717, 1.165) is 6.42 Å². The summed E-state index contributed by atoms with van der Waals surface area (Å²) < 4.78 is 7.55.